The smallest absolute Gasteiger partial charge is 0.254 e. The predicted octanol–water partition coefficient (Wildman–Crippen LogP) is 2.94. The number of nitrogens with one attached hydrogen (secondary N) is 1. The molecule has 0 fully saturated rings. The Balaban J connectivity index is 2.20. The number of fused-ring (bicyclic) bond motifs is 1. The lowest BCUT2D eigenvalue weighted by Gasteiger charge is -2.07. The monoisotopic (exact) mass is 265 g/mol. The fourth-order valence-corrected chi connectivity index (χ4v) is 2.36. The van der Waals surface area contributed by atoms with E-state index in [-0.39, 0.29) is 5.56 Å². The first-order valence-corrected chi connectivity index (χ1v) is 6.71. The summed E-state index contributed by atoms with van der Waals surface area (Å²) in [4.78, 5) is 23.4. The summed E-state index contributed by atoms with van der Waals surface area (Å²) in [5.41, 5.74) is 3.22. The van der Waals surface area contributed by atoms with Crippen molar-refractivity contribution in [2.45, 2.75) is 19.8 Å². The molecule has 0 radical (unpaired) electrons. The van der Waals surface area contributed by atoms with Gasteiger partial charge in [-0.2, -0.15) is 0 Å². The summed E-state index contributed by atoms with van der Waals surface area (Å²) in [6.07, 6.45) is 4.85. The first-order valence-electron chi connectivity index (χ1n) is 6.71. The molecule has 0 bridgehead atoms. The molecule has 0 saturated heterocycles. The molecule has 4 heteroatoms. The van der Waals surface area contributed by atoms with Crippen LogP contribution in [0.2, 0.25) is 0 Å². The second-order valence-electron chi connectivity index (χ2n) is 4.73. The Morgan fingerprint density at radius 2 is 2.05 bits per heavy atom. The van der Waals surface area contributed by atoms with Crippen molar-refractivity contribution < 1.29 is 0 Å². The SMILES string of the molecule is CCCc1c(-c2cnc3ccccc3c2)nc[nH]c1=O. The fraction of sp³-hybridized carbons (Fsp3) is 0.188. The Bertz CT molecular complexity index is 808. The highest BCUT2D eigenvalue weighted by Gasteiger charge is 2.10. The van der Waals surface area contributed by atoms with Gasteiger partial charge in [0.25, 0.3) is 5.56 Å². The highest BCUT2D eigenvalue weighted by molar-refractivity contribution is 5.83. The number of nitrogens with zero attached hydrogens (tertiary/aromatic N) is 2. The molecule has 0 unspecified atom stereocenters. The molecule has 100 valence electrons. The van der Waals surface area contributed by atoms with Gasteiger partial charge in [0.2, 0.25) is 0 Å². The van der Waals surface area contributed by atoms with Crippen molar-refractivity contribution in [3.63, 3.8) is 0 Å². The minimum Gasteiger partial charge on any atom is -0.313 e. The van der Waals surface area contributed by atoms with Crippen molar-refractivity contribution >= 4 is 10.9 Å². The number of hydrogen-bond donors (Lipinski definition) is 1. The fourth-order valence-electron chi connectivity index (χ4n) is 2.36. The van der Waals surface area contributed by atoms with Gasteiger partial charge in [-0.25, -0.2) is 4.98 Å². The van der Waals surface area contributed by atoms with Crippen LogP contribution in [0.4, 0.5) is 0 Å². The second kappa shape index (κ2) is 5.25. The summed E-state index contributed by atoms with van der Waals surface area (Å²) in [6.45, 7) is 2.05. The van der Waals surface area contributed by atoms with Crippen LogP contribution in [0, 0.1) is 0 Å². The van der Waals surface area contributed by atoms with Crippen LogP contribution in [0.3, 0.4) is 0 Å². The van der Waals surface area contributed by atoms with Crippen molar-refractivity contribution in [2.75, 3.05) is 0 Å². The van der Waals surface area contributed by atoms with E-state index in [0.29, 0.717) is 6.42 Å². The van der Waals surface area contributed by atoms with Crippen molar-refractivity contribution in [1.82, 2.24) is 15.0 Å². The molecule has 2 heterocycles. The van der Waals surface area contributed by atoms with Crippen LogP contribution in [0.15, 0.2) is 47.7 Å². The number of benzene rings is 1. The van der Waals surface area contributed by atoms with Gasteiger partial charge in [-0.15, -0.1) is 0 Å². The van der Waals surface area contributed by atoms with Gasteiger partial charge in [0.15, 0.2) is 0 Å². The Labute approximate surface area is 116 Å². The normalized spacial score (nSPS) is 10.8. The first kappa shape index (κ1) is 12.5. The van der Waals surface area contributed by atoms with Gasteiger partial charge >= 0.3 is 0 Å². The summed E-state index contributed by atoms with van der Waals surface area (Å²) in [7, 11) is 0. The molecular formula is C16H15N3O. The second-order valence-corrected chi connectivity index (χ2v) is 4.73. The standard InChI is InChI=1S/C16H15N3O/c1-2-5-13-15(18-10-19-16(13)20)12-8-11-6-3-4-7-14(11)17-9-12/h3-4,6-10H,2,5H2,1H3,(H,18,19,20). The lowest BCUT2D eigenvalue weighted by molar-refractivity contribution is 0.888. The Morgan fingerprint density at radius 1 is 1.20 bits per heavy atom. The largest absolute Gasteiger partial charge is 0.313 e. The maximum atomic E-state index is 12.0. The van der Waals surface area contributed by atoms with E-state index in [1.807, 2.05) is 30.3 Å². The summed E-state index contributed by atoms with van der Waals surface area (Å²) < 4.78 is 0. The number of hydrogen-bond acceptors (Lipinski definition) is 3. The molecule has 2 aromatic heterocycles. The molecule has 0 atom stereocenters. The number of rotatable bonds is 3. The van der Waals surface area contributed by atoms with Crippen LogP contribution in [0.5, 0.6) is 0 Å². The van der Waals surface area contributed by atoms with Crippen LogP contribution >= 0.6 is 0 Å². The molecule has 0 aliphatic heterocycles. The Morgan fingerprint density at radius 3 is 2.90 bits per heavy atom. The van der Waals surface area contributed by atoms with E-state index in [9.17, 15) is 4.79 Å². The molecule has 1 N–H and O–H groups in total. The van der Waals surface area contributed by atoms with Crippen molar-refractivity contribution in [3.05, 3.63) is 58.8 Å². The third kappa shape index (κ3) is 2.20. The average Bonchev–Trinajstić information content (AvgIpc) is 2.49. The molecule has 0 saturated carbocycles. The number of aromatic nitrogens is 3. The molecule has 3 rings (SSSR count). The summed E-state index contributed by atoms with van der Waals surface area (Å²) in [5.74, 6) is 0. The zero-order valence-electron chi connectivity index (χ0n) is 11.3. The first-order chi connectivity index (χ1) is 9.79. The summed E-state index contributed by atoms with van der Waals surface area (Å²) in [5, 5.41) is 1.05. The topological polar surface area (TPSA) is 58.6 Å². The molecule has 20 heavy (non-hydrogen) atoms. The van der Waals surface area contributed by atoms with Crippen molar-refractivity contribution in [3.8, 4) is 11.3 Å². The Hall–Kier alpha value is -2.49. The number of para-hydroxylation sites is 1. The van der Waals surface area contributed by atoms with Gasteiger partial charge in [-0.3, -0.25) is 9.78 Å². The zero-order chi connectivity index (χ0) is 13.9. The average molecular weight is 265 g/mol. The molecule has 0 amide bonds. The lowest BCUT2D eigenvalue weighted by Crippen LogP contribution is -2.14. The van der Waals surface area contributed by atoms with E-state index < -0.39 is 0 Å². The number of H-pyrrole nitrogens is 1. The van der Waals surface area contributed by atoms with E-state index in [2.05, 4.69) is 21.9 Å². The van der Waals surface area contributed by atoms with Crippen LogP contribution in [0.25, 0.3) is 22.2 Å². The van der Waals surface area contributed by atoms with Crippen LogP contribution < -0.4 is 5.56 Å². The van der Waals surface area contributed by atoms with Gasteiger partial charge in [0.05, 0.1) is 17.5 Å². The molecule has 0 aliphatic carbocycles. The summed E-state index contributed by atoms with van der Waals surface area (Å²) >= 11 is 0. The Kier molecular flexibility index (Phi) is 3.29. The van der Waals surface area contributed by atoms with E-state index in [1.54, 1.807) is 6.20 Å². The molecule has 3 aromatic rings. The van der Waals surface area contributed by atoms with Gasteiger partial charge in [0, 0.05) is 22.7 Å². The predicted molar refractivity (Wildman–Crippen MR) is 79.6 cm³/mol. The third-order valence-electron chi connectivity index (χ3n) is 3.31. The van der Waals surface area contributed by atoms with Crippen molar-refractivity contribution in [2.24, 2.45) is 0 Å². The van der Waals surface area contributed by atoms with E-state index in [1.165, 1.54) is 6.33 Å². The highest BCUT2D eigenvalue weighted by atomic mass is 16.1. The molecule has 0 aliphatic rings. The van der Waals surface area contributed by atoms with Gasteiger partial charge in [-0.05, 0) is 18.6 Å². The van der Waals surface area contributed by atoms with Gasteiger partial charge in [-0.1, -0.05) is 31.5 Å². The minimum absolute atomic E-state index is 0.0648. The quantitative estimate of drug-likeness (QED) is 0.792. The van der Waals surface area contributed by atoms with Gasteiger partial charge in [0.1, 0.15) is 0 Å². The van der Waals surface area contributed by atoms with Gasteiger partial charge < -0.3 is 4.98 Å². The molecular weight excluding hydrogens is 250 g/mol. The van der Waals surface area contributed by atoms with Crippen molar-refractivity contribution in [1.29, 1.82) is 0 Å². The molecule has 1 aromatic carbocycles. The van der Waals surface area contributed by atoms with Crippen LogP contribution in [-0.4, -0.2) is 15.0 Å². The van der Waals surface area contributed by atoms with E-state index >= 15 is 0 Å². The molecule has 4 nitrogen and oxygen atoms in total. The van der Waals surface area contributed by atoms with Crippen LogP contribution in [-0.2, 0) is 6.42 Å². The maximum Gasteiger partial charge on any atom is 0.254 e. The maximum absolute atomic E-state index is 12.0. The summed E-state index contributed by atoms with van der Waals surface area (Å²) in [6, 6.07) is 9.95. The minimum atomic E-state index is -0.0648. The zero-order valence-corrected chi connectivity index (χ0v) is 11.3. The van der Waals surface area contributed by atoms with Crippen LogP contribution in [0.1, 0.15) is 18.9 Å². The highest BCUT2D eigenvalue weighted by Crippen LogP contribution is 2.22. The number of aromatic amines is 1. The number of pyridine rings is 1. The molecule has 0 spiro atoms. The third-order valence-corrected chi connectivity index (χ3v) is 3.31. The van der Waals surface area contributed by atoms with E-state index in [4.69, 9.17) is 0 Å². The van der Waals surface area contributed by atoms with E-state index in [0.717, 1.165) is 34.1 Å². The lowest BCUT2D eigenvalue weighted by atomic mass is 10.0.